The van der Waals surface area contributed by atoms with E-state index in [0.717, 1.165) is 37.7 Å². The monoisotopic (exact) mass is 524 g/mol. The van der Waals surface area contributed by atoms with E-state index < -0.39 is 28.6 Å². The van der Waals surface area contributed by atoms with Crippen LogP contribution in [-0.4, -0.2) is 46.2 Å². The van der Waals surface area contributed by atoms with Gasteiger partial charge in [0.1, 0.15) is 19.0 Å². The van der Waals surface area contributed by atoms with Crippen molar-refractivity contribution in [2.45, 2.75) is 49.5 Å². The third kappa shape index (κ3) is 8.10. The molecule has 3 amide bonds. The van der Waals surface area contributed by atoms with E-state index >= 15 is 0 Å². The van der Waals surface area contributed by atoms with Crippen LogP contribution < -0.4 is 20.1 Å². The van der Waals surface area contributed by atoms with Gasteiger partial charge in [-0.25, -0.2) is 22.3 Å². The van der Waals surface area contributed by atoms with Crippen molar-refractivity contribution in [3.8, 4) is 5.75 Å². The van der Waals surface area contributed by atoms with Gasteiger partial charge in [0, 0.05) is 17.6 Å². The van der Waals surface area contributed by atoms with Gasteiger partial charge in [0.2, 0.25) is 0 Å². The summed E-state index contributed by atoms with van der Waals surface area (Å²) in [5, 5.41) is 5.82. The van der Waals surface area contributed by atoms with Crippen LogP contribution >= 0.6 is 11.6 Å². The molecule has 0 saturated heterocycles. The highest BCUT2D eigenvalue weighted by Crippen LogP contribution is 2.23. The number of carbonyl (C=O) groups is 2. The van der Waals surface area contributed by atoms with Crippen LogP contribution in [0.25, 0.3) is 0 Å². The Balaban J connectivity index is 1.51. The third-order valence-electron chi connectivity index (χ3n) is 5.62. The lowest BCUT2D eigenvalue weighted by molar-refractivity contribution is 0.0949. The van der Waals surface area contributed by atoms with Crippen molar-refractivity contribution in [1.29, 1.82) is 0 Å². The molecule has 0 unspecified atom stereocenters. The van der Waals surface area contributed by atoms with Crippen molar-refractivity contribution in [3.05, 3.63) is 58.6 Å². The highest BCUT2D eigenvalue weighted by Gasteiger charge is 2.21. The lowest BCUT2D eigenvalue weighted by Crippen LogP contribution is -2.45. The number of amides is 3. The summed E-state index contributed by atoms with van der Waals surface area (Å²) in [7, 11) is -4.00. The first-order valence-electron chi connectivity index (χ1n) is 11.5. The van der Waals surface area contributed by atoms with Gasteiger partial charge in [-0.3, -0.25) is 4.79 Å². The molecule has 0 heterocycles. The molecule has 0 bridgehead atoms. The standard InChI is InChI=1S/C24H29ClFN3O5S/c25-18-8-11-22(34-15-13-26)21(16-18)23(30)27-14-12-17-6-9-20(10-7-17)35(32,33)29-24(31)28-19-4-2-1-3-5-19/h6-11,16,19H,1-5,12-15H2,(H,27,30)(H2,28,29,31)/i26-1. The zero-order valence-electron chi connectivity index (χ0n) is 19.2. The maximum absolute atomic E-state index is 12.5. The molecule has 3 N–H and O–H groups in total. The summed E-state index contributed by atoms with van der Waals surface area (Å²) in [5.41, 5.74) is 0.987. The number of alkyl halides is 1. The summed E-state index contributed by atoms with van der Waals surface area (Å²) in [6.07, 6.45) is 5.30. The molecule has 0 atom stereocenters. The van der Waals surface area contributed by atoms with Crippen molar-refractivity contribution >= 4 is 33.6 Å². The number of urea groups is 1. The van der Waals surface area contributed by atoms with Gasteiger partial charge < -0.3 is 15.4 Å². The first kappa shape index (κ1) is 26.7. The number of hydrogen-bond donors (Lipinski definition) is 3. The number of rotatable bonds is 10. The van der Waals surface area contributed by atoms with Gasteiger partial charge >= 0.3 is 6.03 Å². The molecule has 2 aromatic rings. The lowest BCUT2D eigenvalue weighted by Gasteiger charge is -2.22. The van der Waals surface area contributed by atoms with Gasteiger partial charge in [-0.05, 0) is 55.2 Å². The second-order valence-electron chi connectivity index (χ2n) is 8.24. The van der Waals surface area contributed by atoms with E-state index in [4.69, 9.17) is 16.3 Å². The van der Waals surface area contributed by atoms with Gasteiger partial charge in [-0.15, -0.1) is 0 Å². The maximum atomic E-state index is 12.5. The van der Waals surface area contributed by atoms with E-state index in [-0.39, 0.29) is 35.4 Å². The van der Waals surface area contributed by atoms with Crippen LogP contribution in [0.2, 0.25) is 5.02 Å². The van der Waals surface area contributed by atoms with Crippen LogP contribution in [0.5, 0.6) is 5.75 Å². The molecule has 3 rings (SSSR count). The molecule has 11 heteroatoms. The second-order valence-corrected chi connectivity index (χ2v) is 10.4. The first-order valence-corrected chi connectivity index (χ1v) is 13.3. The largest absolute Gasteiger partial charge is 0.490 e. The zero-order chi connectivity index (χ0) is 25.3. The normalized spacial score (nSPS) is 14.2. The predicted molar refractivity (Wildman–Crippen MR) is 131 cm³/mol. The van der Waals surface area contributed by atoms with Crippen LogP contribution in [0.3, 0.4) is 0 Å². The lowest BCUT2D eigenvalue weighted by atomic mass is 9.96. The molecule has 1 saturated carbocycles. The Morgan fingerprint density at radius 1 is 1.06 bits per heavy atom. The molecule has 0 spiro atoms. The van der Waals surface area contributed by atoms with E-state index in [1.165, 1.54) is 24.3 Å². The summed E-state index contributed by atoms with van der Waals surface area (Å²) in [5.74, 6) is -0.187. The molecule has 0 aromatic heterocycles. The number of hydrogen-bond acceptors (Lipinski definition) is 5. The minimum atomic E-state index is -4.00. The Hall–Kier alpha value is -2.85. The first-order chi connectivity index (χ1) is 16.8. The minimum absolute atomic E-state index is 0.00483. The fraction of sp³-hybridized carbons (Fsp3) is 0.417. The van der Waals surface area contributed by atoms with E-state index in [9.17, 15) is 22.4 Å². The third-order valence-corrected chi connectivity index (χ3v) is 7.20. The number of carbonyl (C=O) groups excluding carboxylic acids is 2. The van der Waals surface area contributed by atoms with Crippen molar-refractivity contribution in [2.24, 2.45) is 0 Å². The topological polar surface area (TPSA) is 114 Å². The number of benzene rings is 2. The molecule has 2 aromatic carbocycles. The Morgan fingerprint density at radius 3 is 2.46 bits per heavy atom. The molecule has 8 nitrogen and oxygen atoms in total. The van der Waals surface area contributed by atoms with Gasteiger partial charge in [0.15, 0.2) is 0 Å². The zero-order valence-corrected chi connectivity index (χ0v) is 20.8. The molecular formula is C24H29ClFN3O5S. The van der Waals surface area contributed by atoms with Crippen molar-refractivity contribution in [2.75, 3.05) is 19.8 Å². The van der Waals surface area contributed by atoms with Crippen molar-refractivity contribution in [3.63, 3.8) is 0 Å². The molecule has 0 aliphatic heterocycles. The van der Waals surface area contributed by atoms with Crippen LogP contribution in [0.4, 0.5) is 9.18 Å². The van der Waals surface area contributed by atoms with Crippen molar-refractivity contribution < 1.29 is 27.1 Å². The van der Waals surface area contributed by atoms with Gasteiger partial charge in [0.05, 0.1) is 10.5 Å². The smallest absolute Gasteiger partial charge is 0.328 e. The van der Waals surface area contributed by atoms with Gasteiger partial charge in [-0.1, -0.05) is 43.0 Å². The molecule has 1 fully saturated rings. The van der Waals surface area contributed by atoms with Crippen LogP contribution in [-0.2, 0) is 16.4 Å². The summed E-state index contributed by atoms with van der Waals surface area (Å²) in [6.45, 7) is -0.591. The van der Waals surface area contributed by atoms with E-state index in [1.807, 2.05) is 0 Å². The Labute approximate surface area is 209 Å². The highest BCUT2D eigenvalue weighted by molar-refractivity contribution is 7.90. The Morgan fingerprint density at radius 2 is 1.77 bits per heavy atom. The summed E-state index contributed by atoms with van der Waals surface area (Å²) >= 11 is 5.97. The number of sulfonamides is 1. The Bertz CT molecular complexity index is 1120. The average Bonchev–Trinajstić information content (AvgIpc) is 2.83. The number of halogens is 2. The van der Waals surface area contributed by atoms with E-state index in [0.29, 0.717) is 11.4 Å². The van der Waals surface area contributed by atoms with E-state index in [2.05, 4.69) is 15.4 Å². The Kier molecular flexibility index (Phi) is 9.73. The predicted octanol–water partition coefficient (Wildman–Crippen LogP) is 3.98. The summed E-state index contributed by atoms with van der Waals surface area (Å²) < 4.78 is 44.8. The molecule has 35 heavy (non-hydrogen) atoms. The average molecular weight is 525 g/mol. The van der Waals surface area contributed by atoms with Gasteiger partial charge in [-0.2, -0.15) is 0 Å². The number of ether oxygens (including phenoxy) is 1. The van der Waals surface area contributed by atoms with Crippen LogP contribution in [0, 0.1) is 0 Å². The van der Waals surface area contributed by atoms with Gasteiger partial charge in [0.25, 0.3) is 15.9 Å². The van der Waals surface area contributed by atoms with Crippen molar-refractivity contribution in [1.82, 2.24) is 15.4 Å². The van der Waals surface area contributed by atoms with E-state index in [1.54, 1.807) is 18.2 Å². The summed E-state index contributed by atoms with van der Waals surface area (Å²) in [6, 6.07) is 9.84. The SMILES string of the molecule is O=C(NC1CCCCC1)NS(=O)(=O)c1ccc(CCNC(=O)c2cc(Cl)ccc2OCC[18F])cc1. The minimum Gasteiger partial charge on any atom is -0.490 e. The van der Waals surface area contributed by atoms with Crippen LogP contribution in [0.15, 0.2) is 47.4 Å². The molecule has 190 valence electrons. The fourth-order valence-corrected chi connectivity index (χ4v) is 4.93. The fourth-order valence-electron chi connectivity index (χ4n) is 3.85. The van der Waals surface area contributed by atoms with Crippen LogP contribution in [0.1, 0.15) is 48.0 Å². The second kappa shape index (κ2) is 12.7. The molecule has 1 aliphatic carbocycles. The summed E-state index contributed by atoms with van der Waals surface area (Å²) in [4.78, 5) is 24.6. The molecule has 1 aliphatic rings. The molecular weight excluding hydrogens is 496 g/mol. The number of nitrogens with one attached hydrogen (secondary N) is 3. The maximum Gasteiger partial charge on any atom is 0.328 e. The quantitative estimate of drug-likeness (QED) is 0.435. The molecule has 0 radical (unpaired) electrons. The highest BCUT2D eigenvalue weighted by atomic mass is 35.5.